The molecule has 0 aliphatic carbocycles. The maximum absolute atomic E-state index is 13.2. The van der Waals surface area contributed by atoms with E-state index in [0.29, 0.717) is 17.7 Å². The minimum atomic E-state index is 0.0287. The lowest BCUT2D eigenvalue weighted by Crippen LogP contribution is -2.47. The van der Waals surface area contributed by atoms with Crippen molar-refractivity contribution in [1.82, 2.24) is 14.4 Å². The van der Waals surface area contributed by atoms with Gasteiger partial charge in [-0.15, -0.1) is 0 Å². The molecule has 1 amide bonds. The van der Waals surface area contributed by atoms with E-state index in [2.05, 4.69) is 11.9 Å². The van der Waals surface area contributed by atoms with Crippen LogP contribution in [0.25, 0.3) is 11.3 Å². The summed E-state index contributed by atoms with van der Waals surface area (Å²) in [7, 11) is 2.18. The number of aromatic nitrogens is 1. The number of ketones is 1. The minimum absolute atomic E-state index is 0.0287. The maximum atomic E-state index is 13.2. The quantitative estimate of drug-likeness (QED) is 0.619. The van der Waals surface area contributed by atoms with E-state index in [1.54, 1.807) is 6.92 Å². The third-order valence-electron chi connectivity index (χ3n) is 7.06. The molecule has 3 heterocycles. The van der Waals surface area contributed by atoms with Gasteiger partial charge >= 0.3 is 0 Å². The first-order chi connectivity index (χ1) is 15.4. The summed E-state index contributed by atoms with van der Waals surface area (Å²) < 4.78 is 7.79. The van der Waals surface area contributed by atoms with E-state index >= 15 is 0 Å². The Morgan fingerprint density at radius 1 is 1.12 bits per heavy atom. The average molecular weight is 438 g/mol. The van der Waals surface area contributed by atoms with E-state index in [9.17, 15) is 9.59 Å². The summed E-state index contributed by atoms with van der Waals surface area (Å²) in [6.45, 7) is 7.21. The molecule has 1 atom stereocenters. The zero-order chi connectivity index (χ0) is 22.7. The fourth-order valence-electron chi connectivity index (χ4n) is 5.10. The van der Waals surface area contributed by atoms with E-state index in [-0.39, 0.29) is 18.2 Å². The van der Waals surface area contributed by atoms with Gasteiger partial charge in [-0.2, -0.15) is 0 Å². The number of likely N-dealkylation sites (tertiary alicyclic amines) is 1. The van der Waals surface area contributed by atoms with Crippen molar-refractivity contribution in [3.63, 3.8) is 0 Å². The number of nitrogens with zero attached hydrogens (tertiary/aromatic N) is 3. The van der Waals surface area contributed by atoms with E-state index < -0.39 is 0 Å². The van der Waals surface area contributed by atoms with Crippen molar-refractivity contribution in [2.45, 2.75) is 58.2 Å². The molecule has 0 radical (unpaired) electrons. The van der Waals surface area contributed by atoms with Gasteiger partial charge in [-0.25, -0.2) is 0 Å². The van der Waals surface area contributed by atoms with Crippen LogP contribution in [0.5, 0.6) is 0 Å². The van der Waals surface area contributed by atoms with Crippen LogP contribution in [0.1, 0.15) is 48.7 Å². The molecule has 2 fully saturated rings. The molecule has 2 saturated heterocycles. The first-order valence-corrected chi connectivity index (χ1v) is 11.8. The molecule has 6 heteroatoms. The largest absolute Gasteiger partial charge is 0.377 e. The van der Waals surface area contributed by atoms with Crippen molar-refractivity contribution < 1.29 is 14.3 Å². The van der Waals surface area contributed by atoms with Crippen LogP contribution < -0.4 is 0 Å². The normalized spacial score (nSPS) is 19.6. The summed E-state index contributed by atoms with van der Waals surface area (Å²) in [5, 5.41) is 0. The molecule has 0 N–H and O–H groups in total. The van der Waals surface area contributed by atoms with Gasteiger partial charge in [-0.05, 0) is 58.2 Å². The maximum Gasteiger partial charge on any atom is 0.242 e. The molecule has 6 nitrogen and oxygen atoms in total. The molecule has 0 unspecified atom stereocenters. The number of hydrogen-bond donors (Lipinski definition) is 0. The highest BCUT2D eigenvalue weighted by Gasteiger charge is 2.28. The number of carbonyl (C=O) groups excluding carboxylic acids is 2. The molecule has 1 aromatic heterocycles. The third kappa shape index (κ3) is 4.97. The molecule has 2 aliphatic heterocycles. The molecule has 2 aliphatic rings. The Balaban J connectivity index is 1.41. The lowest BCUT2D eigenvalue weighted by Gasteiger charge is -2.37. The van der Waals surface area contributed by atoms with Gasteiger partial charge in [0.15, 0.2) is 5.78 Å². The van der Waals surface area contributed by atoms with Gasteiger partial charge in [0.25, 0.3) is 0 Å². The highest BCUT2D eigenvalue weighted by atomic mass is 16.5. The Morgan fingerprint density at radius 3 is 2.47 bits per heavy atom. The van der Waals surface area contributed by atoms with Gasteiger partial charge in [-0.1, -0.05) is 30.3 Å². The van der Waals surface area contributed by atoms with Gasteiger partial charge < -0.3 is 19.1 Å². The first kappa shape index (κ1) is 22.7. The lowest BCUT2D eigenvalue weighted by atomic mass is 10.0. The molecular weight excluding hydrogens is 402 g/mol. The highest BCUT2D eigenvalue weighted by molar-refractivity contribution is 5.97. The predicted molar refractivity (Wildman–Crippen MR) is 126 cm³/mol. The van der Waals surface area contributed by atoms with Crippen LogP contribution in [0.2, 0.25) is 0 Å². The van der Waals surface area contributed by atoms with Gasteiger partial charge in [0.05, 0.1) is 6.10 Å². The topological polar surface area (TPSA) is 54.8 Å². The summed E-state index contributed by atoms with van der Waals surface area (Å²) in [6.07, 6.45) is 4.67. The van der Waals surface area contributed by atoms with Crippen molar-refractivity contribution >= 4 is 11.7 Å². The van der Waals surface area contributed by atoms with Crippen LogP contribution in [-0.4, -0.2) is 71.5 Å². The number of amides is 1. The number of hydrogen-bond acceptors (Lipinski definition) is 4. The fourth-order valence-corrected chi connectivity index (χ4v) is 5.10. The zero-order valence-electron chi connectivity index (χ0n) is 19.5. The minimum Gasteiger partial charge on any atom is -0.377 e. The van der Waals surface area contributed by atoms with Crippen molar-refractivity contribution in [1.29, 1.82) is 0 Å². The summed E-state index contributed by atoms with van der Waals surface area (Å²) in [5.74, 6) is 0.150. The SMILES string of the molecule is CC(=O)c1cc(-c2ccccc2)n(CC(=O)N2CCC(N(C)C[C@@H]3CCCO3)CC2)c1C. The van der Waals surface area contributed by atoms with Crippen LogP contribution in [0.15, 0.2) is 36.4 Å². The van der Waals surface area contributed by atoms with E-state index in [1.807, 2.05) is 52.8 Å². The van der Waals surface area contributed by atoms with Crippen LogP contribution in [0.4, 0.5) is 0 Å². The number of piperidine rings is 1. The van der Waals surface area contributed by atoms with Crippen molar-refractivity contribution in [2.75, 3.05) is 33.3 Å². The van der Waals surface area contributed by atoms with Crippen LogP contribution >= 0.6 is 0 Å². The second-order valence-corrected chi connectivity index (χ2v) is 9.22. The standard InChI is InChI=1S/C26H35N3O3/c1-19-24(20(2)30)16-25(21-8-5-4-6-9-21)29(19)18-26(31)28-13-11-22(12-14-28)27(3)17-23-10-7-15-32-23/h4-6,8-9,16,22-23H,7,10-15,17-18H2,1-3H3/t23-/m0/s1. The van der Waals surface area contributed by atoms with Crippen molar-refractivity contribution in [3.05, 3.63) is 47.7 Å². The van der Waals surface area contributed by atoms with E-state index in [4.69, 9.17) is 4.74 Å². The average Bonchev–Trinajstić information content (AvgIpc) is 3.42. The number of rotatable bonds is 7. The Labute approximate surface area is 191 Å². The summed E-state index contributed by atoms with van der Waals surface area (Å²) in [5.41, 5.74) is 3.49. The number of benzene rings is 1. The van der Waals surface area contributed by atoms with Crippen LogP contribution in [0, 0.1) is 6.92 Å². The van der Waals surface area contributed by atoms with Gasteiger partial charge in [-0.3, -0.25) is 9.59 Å². The van der Waals surface area contributed by atoms with E-state index in [0.717, 1.165) is 62.5 Å². The second kappa shape index (κ2) is 10.0. The molecule has 1 aromatic carbocycles. The zero-order valence-corrected chi connectivity index (χ0v) is 19.5. The van der Waals surface area contributed by atoms with Crippen molar-refractivity contribution in [3.8, 4) is 11.3 Å². The summed E-state index contributed by atoms with van der Waals surface area (Å²) in [6, 6.07) is 12.4. The number of carbonyl (C=O) groups is 2. The smallest absolute Gasteiger partial charge is 0.242 e. The number of ether oxygens (including phenoxy) is 1. The fraction of sp³-hybridized carbons (Fsp3) is 0.538. The molecule has 0 spiro atoms. The lowest BCUT2D eigenvalue weighted by molar-refractivity contribution is -0.133. The van der Waals surface area contributed by atoms with Gasteiger partial charge in [0.1, 0.15) is 6.54 Å². The number of likely N-dealkylation sites (N-methyl/N-ethyl adjacent to an activating group) is 1. The summed E-state index contributed by atoms with van der Waals surface area (Å²) in [4.78, 5) is 29.8. The molecule has 172 valence electrons. The first-order valence-electron chi connectivity index (χ1n) is 11.8. The van der Waals surface area contributed by atoms with Crippen LogP contribution in [0.3, 0.4) is 0 Å². The predicted octanol–water partition coefficient (Wildman–Crippen LogP) is 3.77. The van der Waals surface area contributed by atoms with Crippen LogP contribution in [-0.2, 0) is 16.1 Å². The van der Waals surface area contributed by atoms with Crippen molar-refractivity contribution in [2.24, 2.45) is 0 Å². The Kier molecular flexibility index (Phi) is 7.11. The highest BCUT2D eigenvalue weighted by Crippen LogP contribution is 2.27. The molecule has 0 bridgehead atoms. The Hall–Kier alpha value is -2.44. The molecule has 0 saturated carbocycles. The van der Waals surface area contributed by atoms with Gasteiger partial charge in [0.2, 0.25) is 5.91 Å². The molecule has 4 rings (SSSR count). The van der Waals surface area contributed by atoms with E-state index in [1.165, 1.54) is 6.42 Å². The Bertz CT molecular complexity index is 939. The second-order valence-electron chi connectivity index (χ2n) is 9.22. The monoisotopic (exact) mass is 437 g/mol. The van der Waals surface area contributed by atoms with Gasteiger partial charge in [0, 0.05) is 49.2 Å². The number of Topliss-reactive ketones (excluding diaryl/α,β-unsaturated/α-hetero) is 1. The Morgan fingerprint density at radius 2 is 1.84 bits per heavy atom. The summed E-state index contributed by atoms with van der Waals surface area (Å²) >= 11 is 0. The molecular formula is C26H35N3O3. The third-order valence-corrected chi connectivity index (χ3v) is 7.06. The molecule has 2 aromatic rings. The molecule has 32 heavy (non-hydrogen) atoms.